The Morgan fingerprint density at radius 1 is 1.15 bits per heavy atom. The maximum absolute atomic E-state index is 12.4. The van der Waals surface area contributed by atoms with E-state index in [0.29, 0.717) is 18.8 Å². The second-order valence-corrected chi connectivity index (χ2v) is 6.42. The van der Waals surface area contributed by atoms with E-state index < -0.39 is 6.10 Å². The lowest BCUT2D eigenvalue weighted by atomic mass is 10.2. The Morgan fingerprint density at radius 3 is 2.69 bits per heavy atom. The van der Waals surface area contributed by atoms with E-state index in [1.165, 1.54) is 5.39 Å². The third-order valence-electron chi connectivity index (χ3n) is 4.51. The lowest BCUT2D eigenvalue weighted by molar-refractivity contribution is -0.140. The number of rotatable bonds is 7. The zero-order valence-electron chi connectivity index (χ0n) is 15.1. The summed E-state index contributed by atoms with van der Waals surface area (Å²) in [6.45, 7) is 3.05. The van der Waals surface area contributed by atoms with Crippen molar-refractivity contribution >= 4 is 16.8 Å². The first-order valence-electron chi connectivity index (χ1n) is 8.71. The van der Waals surface area contributed by atoms with E-state index in [2.05, 4.69) is 22.8 Å². The molecular formula is C21H24N2O3. The Kier molecular flexibility index (Phi) is 5.58. The number of hydrogen-bond donors (Lipinski definition) is 1. The van der Waals surface area contributed by atoms with E-state index in [9.17, 15) is 9.90 Å². The number of nitrogens with zero attached hydrogens (tertiary/aromatic N) is 2. The number of benzene rings is 2. The van der Waals surface area contributed by atoms with Gasteiger partial charge in [-0.05, 0) is 36.1 Å². The van der Waals surface area contributed by atoms with Crippen LogP contribution in [0, 0.1) is 6.92 Å². The van der Waals surface area contributed by atoms with E-state index in [4.69, 9.17) is 4.74 Å². The van der Waals surface area contributed by atoms with Crippen LogP contribution in [0.15, 0.2) is 60.8 Å². The van der Waals surface area contributed by atoms with Crippen molar-refractivity contribution in [2.75, 3.05) is 20.2 Å². The molecule has 1 unspecified atom stereocenters. The predicted molar refractivity (Wildman–Crippen MR) is 102 cm³/mol. The van der Waals surface area contributed by atoms with Crippen molar-refractivity contribution < 1.29 is 14.6 Å². The number of carbonyl (C=O) groups excluding carboxylic acids is 1. The van der Waals surface area contributed by atoms with Gasteiger partial charge in [-0.1, -0.05) is 36.4 Å². The second-order valence-electron chi connectivity index (χ2n) is 6.42. The van der Waals surface area contributed by atoms with E-state index >= 15 is 0 Å². The lowest BCUT2D eigenvalue weighted by Crippen LogP contribution is -2.41. The van der Waals surface area contributed by atoms with Crippen LogP contribution in [0.2, 0.25) is 0 Å². The van der Waals surface area contributed by atoms with Gasteiger partial charge >= 0.3 is 0 Å². The molecule has 5 nitrogen and oxygen atoms in total. The molecule has 0 bridgehead atoms. The number of para-hydroxylation sites is 2. The number of hydrogen-bond acceptors (Lipinski definition) is 3. The lowest BCUT2D eigenvalue weighted by Gasteiger charge is -2.21. The number of fused-ring (bicyclic) bond motifs is 1. The van der Waals surface area contributed by atoms with Gasteiger partial charge in [-0.25, -0.2) is 0 Å². The minimum absolute atomic E-state index is 0.0551. The summed E-state index contributed by atoms with van der Waals surface area (Å²) in [6.07, 6.45) is 0.835. The van der Waals surface area contributed by atoms with Gasteiger partial charge in [-0.15, -0.1) is 0 Å². The van der Waals surface area contributed by atoms with Gasteiger partial charge in [-0.2, -0.15) is 0 Å². The number of likely N-dealkylation sites (N-methyl/N-ethyl adjacent to an activating group) is 1. The highest BCUT2D eigenvalue weighted by Gasteiger charge is 2.20. The molecular weight excluding hydrogens is 328 g/mol. The highest BCUT2D eigenvalue weighted by molar-refractivity contribution is 5.81. The van der Waals surface area contributed by atoms with Crippen molar-refractivity contribution in [1.29, 1.82) is 0 Å². The molecule has 0 fully saturated rings. The van der Waals surface area contributed by atoms with E-state index in [-0.39, 0.29) is 12.5 Å². The summed E-state index contributed by atoms with van der Waals surface area (Å²) in [5.74, 6) is 0.343. The van der Waals surface area contributed by atoms with E-state index in [1.54, 1.807) is 11.9 Å². The van der Waals surface area contributed by atoms with Crippen LogP contribution in [0.3, 0.4) is 0 Å². The zero-order chi connectivity index (χ0) is 18.5. The van der Waals surface area contributed by atoms with Gasteiger partial charge in [0.1, 0.15) is 12.4 Å². The third kappa shape index (κ3) is 4.06. The van der Waals surface area contributed by atoms with Gasteiger partial charge < -0.3 is 19.3 Å². The summed E-state index contributed by atoms with van der Waals surface area (Å²) < 4.78 is 7.68. The first-order chi connectivity index (χ1) is 12.6. The molecule has 3 rings (SSSR count). The summed E-state index contributed by atoms with van der Waals surface area (Å²) in [6, 6.07) is 17.7. The predicted octanol–water partition coefficient (Wildman–Crippen LogP) is 2.85. The number of carbonyl (C=O) groups is 1. The van der Waals surface area contributed by atoms with E-state index in [1.807, 2.05) is 49.5 Å². The van der Waals surface area contributed by atoms with Crippen LogP contribution >= 0.6 is 0 Å². The van der Waals surface area contributed by atoms with Crippen LogP contribution in [-0.2, 0) is 11.3 Å². The maximum atomic E-state index is 12.4. The van der Waals surface area contributed by atoms with Crippen LogP contribution in [0.5, 0.6) is 5.75 Å². The molecule has 0 aliphatic heterocycles. The average Bonchev–Trinajstić information content (AvgIpc) is 3.07. The standard InChI is InChI=1S/C21H24N2O3/c1-16-7-3-6-10-20(16)26-15-19(24)21(25)22(2)13-14-23-12-11-17-8-4-5-9-18(17)23/h3-12,19,24H,13-15H2,1-2H3. The summed E-state index contributed by atoms with van der Waals surface area (Å²) in [4.78, 5) is 13.9. The molecule has 1 N–H and O–H groups in total. The SMILES string of the molecule is Cc1ccccc1OCC(O)C(=O)N(C)CCn1ccc2ccccc21. The molecule has 0 aliphatic rings. The Balaban J connectivity index is 1.53. The van der Waals surface area contributed by atoms with Crippen molar-refractivity contribution in [2.24, 2.45) is 0 Å². The largest absolute Gasteiger partial charge is 0.490 e. The van der Waals surface area contributed by atoms with Crippen molar-refractivity contribution in [2.45, 2.75) is 19.6 Å². The van der Waals surface area contributed by atoms with E-state index in [0.717, 1.165) is 11.1 Å². The number of aliphatic hydroxyl groups excluding tert-OH is 1. The Hall–Kier alpha value is -2.79. The fourth-order valence-electron chi connectivity index (χ4n) is 2.92. The van der Waals surface area contributed by atoms with Gasteiger partial charge in [0, 0.05) is 31.9 Å². The second kappa shape index (κ2) is 8.06. The van der Waals surface area contributed by atoms with Crippen LogP contribution in [0.1, 0.15) is 5.56 Å². The van der Waals surface area contributed by atoms with Crippen LogP contribution in [-0.4, -0.2) is 46.8 Å². The molecule has 0 saturated heterocycles. The molecule has 0 spiro atoms. The van der Waals surface area contributed by atoms with Crippen LogP contribution < -0.4 is 4.74 Å². The van der Waals surface area contributed by atoms with Crippen molar-refractivity contribution in [3.8, 4) is 5.75 Å². The summed E-state index contributed by atoms with van der Waals surface area (Å²) >= 11 is 0. The molecule has 1 amide bonds. The number of ether oxygens (including phenoxy) is 1. The molecule has 0 aliphatic carbocycles. The summed E-state index contributed by atoms with van der Waals surface area (Å²) in [7, 11) is 1.70. The molecule has 3 aromatic rings. The molecule has 1 aromatic heterocycles. The fraction of sp³-hybridized carbons (Fsp3) is 0.286. The summed E-state index contributed by atoms with van der Waals surface area (Å²) in [5.41, 5.74) is 2.11. The van der Waals surface area contributed by atoms with Crippen LogP contribution in [0.4, 0.5) is 0 Å². The topological polar surface area (TPSA) is 54.7 Å². The van der Waals surface area contributed by atoms with Crippen molar-refractivity contribution in [3.63, 3.8) is 0 Å². The molecule has 1 heterocycles. The average molecular weight is 352 g/mol. The summed E-state index contributed by atoms with van der Waals surface area (Å²) in [5, 5.41) is 11.3. The van der Waals surface area contributed by atoms with Gasteiger partial charge in [0.05, 0.1) is 0 Å². The minimum atomic E-state index is -1.18. The highest BCUT2D eigenvalue weighted by atomic mass is 16.5. The van der Waals surface area contributed by atoms with Gasteiger partial charge in [0.25, 0.3) is 5.91 Å². The van der Waals surface area contributed by atoms with Crippen molar-refractivity contribution in [3.05, 3.63) is 66.4 Å². The molecule has 1 atom stereocenters. The molecule has 5 heteroatoms. The number of aromatic nitrogens is 1. The van der Waals surface area contributed by atoms with Gasteiger partial charge in [0.15, 0.2) is 6.10 Å². The number of amides is 1. The zero-order valence-corrected chi connectivity index (χ0v) is 15.1. The number of aliphatic hydroxyl groups is 1. The first-order valence-corrected chi connectivity index (χ1v) is 8.71. The monoisotopic (exact) mass is 352 g/mol. The Labute approximate surface area is 153 Å². The van der Waals surface area contributed by atoms with Crippen LogP contribution in [0.25, 0.3) is 10.9 Å². The molecule has 26 heavy (non-hydrogen) atoms. The normalized spacial score (nSPS) is 12.1. The third-order valence-corrected chi connectivity index (χ3v) is 4.51. The molecule has 2 aromatic carbocycles. The van der Waals surface area contributed by atoms with Crippen molar-refractivity contribution in [1.82, 2.24) is 9.47 Å². The fourth-order valence-corrected chi connectivity index (χ4v) is 2.92. The molecule has 0 radical (unpaired) electrons. The highest BCUT2D eigenvalue weighted by Crippen LogP contribution is 2.17. The molecule has 136 valence electrons. The minimum Gasteiger partial charge on any atom is -0.490 e. The quantitative estimate of drug-likeness (QED) is 0.711. The van der Waals surface area contributed by atoms with Gasteiger partial charge in [0.2, 0.25) is 0 Å². The first kappa shape index (κ1) is 18.0. The van der Waals surface area contributed by atoms with Gasteiger partial charge in [-0.3, -0.25) is 4.79 Å². The number of aryl methyl sites for hydroxylation is 1. The molecule has 0 saturated carbocycles. The Bertz CT molecular complexity index is 888. The maximum Gasteiger partial charge on any atom is 0.254 e. The Morgan fingerprint density at radius 2 is 1.88 bits per heavy atom. The smallest absolute Gasteiger partial charge is 0.254 e.